The van der Waals surface area contributed by atoms with Gasteiger partial charge in [0.25, 0.3) is 0 Å². The molecule has 32 heavy (non-hydrogen) atoms. The first-order valence-corrected chi connectivity index (χ1v) is 10.9. The Balaban J connectivity index is 1.68. The Bertz CT molecular complexity index is 1150. The normalized spacial score (nSPS) is 11.9. The standard InChI is InChI=1S/C24H26ClN5O2/c1-3-30(4-2)15-19(31)7-9-22(32)17-13-27-23(28-14-17)10-8-20-21-11-18(25)6-5-16(21)12-29-24(20)26/h5-6,11-14,19,31H,3-4,7,9,15H2,1-2H3,(H2,26,29). The Morgan fingerprint density at radius 1 is 1.16 bits per heavy atom. The summed E-state index contributed by atoms with van der Waals surface area (Å²) in [6.07, 6.45) is 4.67. The number of nitrogen functional groups attached to an aromatic ring is 1. The number of ketones is 1. The Hall–Kier alpha value is -3.05. The Labute approximate surface area is 192 Å². The number of likely N-dealkylation sites (N-methyl/N-ethyl adjacent to an activating group) is 1. The van der Waals surface area contributed by atoms with Crippen molar-refractivity contribution in [1.29, 1.82) is 0 Å². The van der Waals surface area contributed by atoms with Gasteiger partial charge in [0.2, 0.25) is 5.82 Å². The highest BCUT2D eigenvalue weighted by Crippen LogP contribution is 2.24. The Morgan fingerprint density at radius 2 is 1.88 bits per heavy atom. The van der Waals surface area contributed by atoms with Gasteiger partial charge in [0.05, 0.1) is 17.2 Å². The van der Waals surface area contributed by atoms with E-state index in [9.17, 15) is 9.90 Å². The lowest BCUT2D eigenvalue weighted by Crippen LogP contribution is -2.32. The number of rotatable bonds is 8. The molecule has 0 fully saturated rings. The van der Waals surface area contributed by atoms with Crippen LogP contribution in [0.25, 0.3) is 10.8 Å². The summed E-state index contributed by atoms with van der Waals surface area (Å²) < 4.78 is 0. The summed E-state index contributed by atoms with van der Waals surface area (Å²) in [6, 6.07) is 5.42. The maximum Gasteiger partial charge on any atom is 0.205 e. The van der Waals surface area contributed by atoms with Crippen LogP contribution in [0.2, 0.25) is 5.02 Å². The minimum atomic E-state index is -0.543. The van der Waals surface area contributed by atoms with Crippen molar-refractivity contribution in [3.8, 4) is 11.8 Å². The molecule has 1 unspecified atom stereocenters. The first-order valence-electron chi connectivity index (χ1n) is 10.5. The number of nitrogens with zero attached hydrogens (tertiary/aromatic N) is 4. The molecule has 0 bridgehead atoms. The molecule has 0 radical (unpaired) electrons. The van der Waals surface area contributed by atoms with E-state index in [1.54, 1.807) is 18.3 Å². The highest BCUT2D eigenvalue weighted by molar-refractivity contribution is 6.31. The lowest BCUT2D eigenvalue weighted by molar-refractivity contribution is 0.0876. The molecule has 3 N–H and O–H groups in total. The monoisotopic (exact) mass is 451 g/mol. The van der Waals surface area contributed by atoms with E-state index < -0.39 is 6.10 Å². The highest BCUT2D eigenvalue weighted by atomic mass is 35.5. The number of fused-ring (bicyclic) bond motifs is 1. The average molecular weight is 452 g/mol. The fourth-order valence-electron chi connectivity index (χ4n) is 3.30. The Kier molecular flexibility index (Phi) is 8.12. The maximum atomic E-state index is 12.4. The van der Waals surface area contributed by atoms with Gasteiger partial charge < -0.3 is 15.7 Å². The third-order valence-corrected chi connectivity index (χ3v) is 5.46. The van der Waals surface area contributed by atoms with Gasteiger partial charge in [0.15, 0.2) is 5.78 Å². The second-order valence-electron chi connectivity index (χ2n) is 7.40. The summed E-state index contributed by atoms with van der Waals surface area (Å²) in [7, 11) is 0. The number of nitrogens with two attached hydrogens (primary N) is 1. The number of carbonyl (C=O) groups is 1. The van der Waals surface area contributed by atoms with Crippen LogP contribution in [0, 0.1) is 11.8 Å². The number of anilines is 1. The van der Waals surface area contributed by atoms with Gasteiger partial charge in [0.1, 0.15) is 5.82 Å². The third-order valence-electron chi connectivity index (χ3n) is 5.22. The van der Waals surface area contributed by atoms with Crippen LogP contribution in [0.15, 0.2) is 36.8 Å². The molecule has 0 aliphatic rings. The number of pyridine rings is 1. The summed E-state index contributed by atoms with van der Waals surface area (Å²) >= 11 is 6.11. The van der Waals surface area contributed by atoms with E-state index in [0.717, 1.165) is 23.9 Å². The Morgan fingerprint density at radius 3 is 2.56 bits per heavy atom. The largest absolute Gasteiger partial charge is 0.392 e. The molecule has 1 atom stereocenters. The molecule has 8 heteroatoms. The van der Waals surface area contributed by atoms with Gasteiger partial charge >= 0.3 is 0 Å². The predicted molar refractivity (Wildman–Crippen MR) is 127 cm³/mol. The quantitative estimate of drug-likeness (QED) is 0.399. The zero-order valence-electron chi connectivity index (χ0n) is 18.2. The van der Waals surface area contributed by atoms with Gasteiger partial charge in [-0.15, -0.1) is 0 Å². The number of benzene rings is 1. The zero-order valence-corrected chi connectivity index (χ0v) is 18.9. The molecule has 7 nitrogen and oxygen atoms in total. The molecule has 2 heterocycles. The SMILES string of the molecule is CCN(CC)CC(O)CCC(=O)c1cnc(C#Cc2c(N)ncc3ccc(Cl)cc23)nc1. The lowest BCUT2D eigenvalue weighted by Gasteiger charge is -2.21. The number of aliphatic hydroxyl groups excluding tert-OH is 1. The molecule has 1 aromatic carbocycles. The van der Waals surface area contributed by atoms with Crippen molar-refractivity contribution in [2.24, 2.45) is 0 Å². The number of aliphatic hydroxyl groups is 1. The van der Waals surface area contributed by atoms with Crippen molar-refractivity contribution in [3.05, 3.63) is 58.8 Å². The molecule has 0 aliphatic carbocycles. The minimum absolute atomic E-state index is 0.111. The average Bonchev–Trinajstić information content (AvgIpc) is 2.80. The van der Waals surface area contributed by atoms with E-state index in [-0.39, 0.29) is 18.0 Å². The molecule has 0 spiro atoms. The van der Waals surface area contributed by atoms with Crippen LogP contribution in [-0.2, 0) is 0 Å². The molecule has 3 aromatic rings. The maximum absolute atomic E-state index is 12.4. The van der Waals surface area contributed by atoms with Crippen LogP contribution in [0.4, 0.5) is 5.82 Å². The molecule has 0 saturated carbocycles. The number of hydrogen-bond donors (Lipinski definition) is 2. The van der Waals surface area contributed by atoms with Crippen molar-refractivity contribution in [3.63, 3.8) is 0 Å². The van der Waals surface area contributed by atoms with Crippen LogP contribution in [-0.4, -0.2) is 56.5 Å². The molecular weight excluding hydrogens is 426 g/mol. The first-order chi connectivity index (χ1) is 15.4. The van der Waals surface area contributed by atoms with Crippen molar-refractivity contribution in [1.82, 2.24) is 19.9 Å². The molecular formula is C24H26ClN5O2. The molecule has 166 valence electrons. The van der Waals surface area contributed by atoms with Gasteiger partial charge in [0, 0.05) is 47.4 Å². The number of hydrogen-bond acceptors (Lipinski definition) is 7. The molecule has 2 aromatic heterocycles. The zero-order chi connectivity index (χ0) is 23.1. The van der Waals surface area contributed by atoms with Crippen molar-refractivity contribution in [2.45, 2.75) is 32.8 Å². The second-order valence-corrected chi connectivity index (χ2v) is 7.83. The first kappa shape index (κ1) is 23.6. The van der Waals surface area contributed by atoms with Gasteiger partial charge in [-0.1, -0.05) is 37.4 Å². The van der Waals surface area contributed by atoms with Gasteiger partial charge in [-0.25, -0.2) is 15.0 Å². The van der Waals surface area contributed by atoms with Crippen molar-refractivity contribution in [2.75, 3.05) is 25.4 Å². The van der Waals surface area contributed by atoms with Crippen molar-refractivity contribution < 1.29 is 9.90 Å². The van der Waals surface area contributed by atoms with E-state index in [0.29, 0.717) is 34.9 Å². The van der Waals surface area contributed by atoms with Crippen molar-refractivity contribution >= 4 is 34.0 Å². The summed E-state index contributed by atoms with van der Waals surface area (Å²) in [6.45, 7) is 6.38. The lowest BCUT2D eigenvalue weighted by atomic mass is 10.1. The van der Waals surface area contributed by atoms with E-state index in [2.05, 4.69) is 31.7 Å². The van der Waals surface area contributed by atoms with Crippen LogP contribution in [0.3, 0.4) is 0 Å². The fraction of sp³-hybridized carbons (Fsp3) is 0.333. The fourth-order valence-corrected chi connectivity index (χ4v) is 3.47. The summed E-state index contributed by atoms with van der Waals surface area (Å²) in [5.41, 5.74) is 6.95. The number of carbonyl (C=O) groups excluding carboxylic acids is 1. The van der Waals surface area contributed by atoms with Crippen LogP contribution >= 0.6 is 11.6 Å². The van der Waals surface area contributed by atoms with Crippen LogP contribution in [0.1, 0.15) is 48.4 Å². The highest BCUT2D eigenvalue weighted by Gasteiger charge is 2.13. The van der Waals surface area contributed by atoms with Gasteiger partial charge in [-0.3, -0.25) is 4.79 Å². The summed E-state index contributed by atoms with van der Waals surface area (Å²) in [4.78, 5) is 27.1. The number of Topliss-reactive ketones (excluding diaryl/α,β-unsaturated/α-hetero) is 1. The number of aromatic nitrogens is 3. The third kappa shape index (κ3) is 6.01. The second kappa shape index (κ2) is 11.0. The van der Waals surface area contributed by atoms with E-state index >= 15 is 0 Å². The smallest absolute Gasteiger partial charge is 0.205 e. The minimum Gasteiger partial charge on any atom is -0.392 e. The van der Waals surface area contributed by atoms with Crippen LogP contribution < -0.4 is 5.73 Å². The van der Waals surface area contributed by atoms with E-state index in [1.807, 2.05) is 19.9 Å². The molecule has 0 amide bonds. The number of halogens is 1. The summed E-state index contributed by atoms with van der Waals surface area (Å²) in [5, 5.41) is 12.4. The van der Waals surface area contributed by atoms with E-state index in [1.165, 1.54) is 12.4 Å². The van der Waals surface area contributed by atoms with E-state index in [4.69, 9.17) is 17.3 Å². The molecule has 3 rings (SSSR count). The topological polar surface area (TPSA) is 105 Å². The predicted octanol–water partition coefficient (Wildman–Crippen LogP) is 3.33. The molecule has 0 saturated heterocycles. The van der Waals surface area contributed by atoms with Crippen LogP contribution in [0.5, 0.6) is 0 Å². The molecule has 0 aliphatic heterocycles. The van der Waals surface area contributed by atoms with Gasteiger partial charge in [-0.05, 0) is 37.6 Å². The van der Waals surface area contributed by atoms with Gasteiger partial charge in [-0.2, -0.15) is 0 Å². The summed E-state index contributed by atoms with van der Waals surface area (Å²) in [5.74, 6) is 6.29.